The number of benzene rings is 1. The molecular formula is C14H18N2O3. The summed E-state index contributed by atoms with van der Waals surface area (Å²) in [5.74, 6) is -0.875. The Kier molecular flexibility index (Phi) is 3.46. The molecule has 19 heavy (non-hydrogen) atoms. The van der Waals surface area contributed by atoms with Gasteiger partial charge in [-0.15, -0.1) is 0 Å². The van der Waals surface area contributed by atoms with Crippen LogP contribution < -0.4 is 10.2 Å². The Balaban J connectivity index is 2.12. The number of carboxylic acids is 1. The average molecular weight is 262 g/mol. The molecule has 5 nitrogen and oxygen atoms in total. The van der Waals surface area contributed by atoms with E-state index < -0.39 is 5.97 Å². The van der Waals surface area contributed by atoms with Gasteiger partial charge in [0.1, 0.15) is 0 Å². The highest BCUT2D eigenvalue weighted by molar-refractivity contribution is 5.88. The molecule has 0 bridgehead atoms. The number of aromatic carboxylic acids is 1. The van der Waals surface area contributed by atoms with Gasteiger partial charge in [-0.05, 0) is 37.6 Å². The molecule has 0 radical (unpaired) electrons. The molecule has 1 atom stereocenters. The molecule has 0 spiro atoms. The molecule has 5 heteroatoms. The zero-order valence-corrected chi connectivity index (χ0v) is 11.1. The molecule has 1 amide bonds. The summed E-state index contributed by atoms with van der Waals surface area (Å²) in [5, 5.41) is 11.6. The van der Waals surface area contributed by atoms with E-state index in [0.717, 1.165) is 18.7 Å². The van der Waals surface area contributed by atoms with Crippen LogP contribution in [0, 0.1) is 5.41 Å². The number of carbonyl (C=O) groups excluding carboxylic acids is 1. The van der Waals surface area contributed by atoms with Crippen LogP contribution in [0.1, 0.15) is 23.7 Å². The second-order valence-corrected chi connectivity index (χ2v) is 5.16. The van der Waals surface area contributed by atoms with Crippen molar-refractivity contribution >= 4 is 17.6 Å². The van der Waals surface area contributed by atoms with Gasteiger partial charge < -0.3 is 15.3 Å². The van der Waals surface area contributed by atoms with Crippen molar-refractivity contribution in [3.63, 3.8) is 0 Å². The molecule has 102 valence electrons. The van der Waals surface area contributed by atoms with Gasteiger partial charge in [0.25, 0.3) is 0 Å². The predicted octanol–water partition coefficient (Wildman–Crippen LogP) is 1.35. The topological polar surface area (TPSA) is 69.6 Å². The molecule has 2 rings (SSSR count). The molecule has 1 aliphatic rings. The van der Waals surface area contributed by atoms with Crippen LogP contribution in [0.5, 0.6) is 0 Å². The summed E-state index contributed by atoms with van der Waals surface area (Å²) in [6.07, 6.45) is 0.799. The smallest absolute Gasteiger partial charge is 0.335 e. The zero-order valence-electron chi connectivity index (χ0n) is 11.1. The van der Waals surface area contributed by atoms with E-state index in [1.165, 1.54) is 0 Å². The minimum Gasteiger partial charge on any atom is -0.478 e. The molecule has 1 saturated heterocycles. The normalized spacial score (nSPS) is 22.3. The van der Waals surface area contributed by atoms with Crippen LogP contribution >= 0.6 is 0 Å². The van der Waals surface area contributed by atoms with Crippen LogP contribution in [0.15, 0.2) is 24.3 Å². The Morgan fingerprint density at radius 3 is 2.47 bits per heavy atom. The fourth-order valence-electron chi connectivity index (χ4n) is 2.48. The molecule has 2 N–H and O–H groups in total. The average Bonchev–Trinajstić information content (AvgIpc) is 2.82. The van der Waals surface area contributed by atoms with E-state index in [-0.39, 0.29) is 16.9 Å². The lowest BCUT2D eigenvalue weighted by molar-refractivity contribution is -0.128. The van der Waals surface area contributed by atoms with Gasteiger partial charge in [-0.25, -0.2) is 4.79 Å². The first-order chi connectivity index (χ1) is 8.96. The molecule has 0 saturated carbocycles. The van der Waals surface area contributed by atoms with Crippen molar-refractivity contribution in [2.45, 2.75) is 13.3 Å². The highest BCUT2D eigenvalue weighted by atomic mass is 16.4. The SMILES string of the molecule is CNC(=O)C1(C)CCN(c2ccc(C(=O)O)cc2)C1. The maximum Gasteiger partial charge on any atom is 0.335 e. The van der Waals surface area contributed by atoms with E-state index in [0.29, 0.717) is 6.54 Å². The van der Waals surface area contributed by atoms with Gasteiger partial charge in [0.05, 0.1) is 11.0 Å². The summed E-state index contributed by atoms with van der Waals surface area (Å²) >= 11 is 0. The summed E-state index contributed by atoms with van der Waals surface area (Å²) in [5.41, 5.74) is 0.856. The van der Waals surface area contributed by atoms with Crippen molar-refractivity contribution in [1.29, 1.82) is 0 Å². The third-order valence-electron chi connectivity index (χ3n) is 3.73. The van der Waals surface area contributed by atoms with E-state index in [4.69, 9.17) is 5.11 Å². The minimum absolute atomic E-state index is 0.0529. The summed E-state index contributed by atoms with van der Waals surface area (Å²) in [7, 11) is 1.65. The van der Waals surface area contributed by atoms with Gasteiger partial charge in [-0.2, -0.15) is 0 Å². The van der Waals surface area contributed by atoms with E-state index in [1.54, 1.807) is 31.3 Å². The molecule has 1 aromatic carbocycles. The van der Waals surface area contributed by atoms with Gasteiger partial charge in [-0.3, -0.25) is 4.79 Å². The number of carboxylic acid groups (broad SMARTS) is 1. The second-order valence-electron chi connectivity index (χ2n) is 5.16. The Labute approximate surface area is 112 Å². The van der Waals surface area contributed by atoms with Crippen LogP contribution in [0.25, 0.3) is 0 Å². The number of hydrogen-bond donors (Lipinski definition) is 2. The number of anilines is 1. The molecule has 1 aliphatic heterocycles. The molecule has 1 heterocycles. The summed E-state index contributed by atoms with van der Waals surface area (Å²) in [6, 6.07) is 6.76. The van der Waals surface area contributed by atoms with E-state index in [9.17, 15) is 9.59 Å². The third-order valence-corrected chi connectivity index (χ3v) is 3.73. The summed E-state index contributed by atoms with van der Waals surface area (Å²) < 4.78 is 0. The number of hydrogen-bond acceptors (Lipinski definition) is 3. The quantitative estimate of drug-likeness (QED) is 0.862. The first kappa shape index (κ1) is 13.4. The molecule has 0 aliphatic carbocycles. The highest BCUT2D eigenvalue weighted by Gasteiger charge is 2.39. The zero-order chi connectivity index (χ0) is 14.0. The van der Waals surface area contributed by atoms with Crippen molar-refractivity contribution in [1.82, 2.24) is 5.32 Å². The molecule has 1 aromatic rings. The molecule has 1 fully saturated rings. The van der Waals surface area contributed by atoms with Crippen LogP contribution in [-0.2, 0) is 4.79 Å². The number of rotatable bonds is 3. The van der Waals surface area contributed by atoms with E-state index in [1.807, 2.05) is 6.92 Å². The first-order valence-corrected chi connectivity index (χ1v) is 6.27. The lowest BCUT2D eigenvalue weighted by atomic mass is 9.89. The summed E-state index contributed by atoms with van der Waals surface area (Å²) in [6.45, 7) is 3.41. The maximum atomic E-state index is 11.8. The maximum absolute atomic E-state index is 11.8. The summed E-state index contributed by atoms with van der Waals surface area (Å²) in [4.78, 5) is 24.8. The monoisotopic (exact) mass is 262 g/mol. The second kappa shape index (κ2) is 4.91. The van der Waals surface area contributed by atoms with Crippen LogP contribution in [0.3, 0.4) is 0 Å². The van der Waals surface area contributed by atoms with Crippen molar-refractivity contribution in [2.75, 3.05) is 25.0 Å². The fraction of sp³-hybridized carbons (Fsp3) is 0.429. The Hall–Kier alpha value is -2.04. The number of nitrogens with zero attached hydrogens (tertiary/aromatic N) is 1. The number of nitrogens with one attached hydrogen (secondary N) is 1. The van der Waals surface area contributed by atoms with Gasteiger partial charge in [0.2, 0.25) is 5.91 Å². The van der Waals surface area contributed by atoms with Crippen molar-refractivity contribution in [2.24, 2.45) is 5.41 Å². The van der Waals surface area contributed by atoms with Gasteiger partial charge >= 0.3 is 5.97 Å². The molecular weight excluding hydrogens is 244 g/mol. The van der Waals surface area contributed by atoms with Crippen LogP contribution in [0.2, 0.25) is 0 Å². The Morgan fingerprint density at radius 2 is 1.95 bits per heavy atom. The van der Waals surface area contributed by atoms with Crippen LogP contribution in [0.4, 0.5) is 5.69 Å². The molecule has 1 unspecified atom stereocenters. The molecule has 0 aromatic heterocycles. The van der Waals surface area contributed by atoms with Crippen molar-refractivity contribution in [3.05, 3.63) is 29.8 Å². The van der Waals surface area contributed by atoms with E-state index >= 15 is 0 Å². The van der Waals surface area contributed by atoms with Gasteiger partial charge in [0, 0.05) is 25.8 Å². The predicted molar refractivity (Wildman–Crippen MR) is 72.4 cm³/mol. The number of carbonyl (C=O) groups is 2. The fourth-order valence-corrected chi connectivity index (χ4v) is 2.48. The van der Waals surface area contributed by atoms with E-state index in [2.05, 4.69) is 10.2 Å². The lowest BCUT2D eigenvalue weighted by Gasteiger charge is -2.24. The largest absolute Gasteiger partial charge is 0.478 e. The van der Waals surface area contributed by atoms with Crippen LogP contribution in [-0.4, -0.2) is 37.1 Å². The third kappa shape index (κ3) is 2.54. The minimum atomic E-state index is -0.928. The van der Waals surface area contributed by atoms with Gasteiger partial charge in [-0.1, -0.05) is 0 Å². The van der Waals surface area contributed by atoms with Gasteiger partial charge in [0.15, 0.2) is 0 Å². The standard InChI is InChI=1S/C14H18N2O3/c1-14(13(19)15-2)7-8-16(9-14)11-5-3-10(4-6-11)12(17)18/h3-6H,7-9H2,1-2H3,(H,15,19)(H,17,18). The van der Waals surface area contributed by atoms with Crippen molar-refractivity contribution < 1.29 is 14.7 Å². The van der Waals surface area contributed by atoms with Crippen molar-refractivity contribution in [3.8, 4) is 0 Å². The number of amides is 1. The Morgan fingerprint density at radius 1 is 1.32 bits per heavy atom. The lowest BCUT2D eigenvalue weighted by Crippen LogP contribution is -2.39. The first-order valence-electron chi connectivity index (χ1n) is 6.27. The highest BCUT2D eigenvalue weighted by Crippen LogP contribution is 2.33. The Bertz CT molecular complexity index is 498.